The van der Waals surface area contributed by atoms with Crippen molar-refractivity contribution in [2.45, 2.75) is 57.2 Å². The Morgan fingerprint density at radius 3 is 2.58 bits per heavy atom. The van der Waals surface area contributed by atoms with Gasteiger partial charge in [0.1, 0.15) is 0 Å². The summed E-state index contributed by atoms with van der Waals surface area (Å²) in [6.45, 7) is 1.21. The molecule has 1 heterocycles. The number of hydrogen-bond acceptors (Lipinski definition) is 2. The minimum absolute atomic E-state index is 0.623. The fraction of sp³-hybridized carbons (Fsp3) is 1.00. The maximum Gasteiger partial charge on any atom is 0.0573 e. The fourth-order valence-corrected chi connectivity index (χ4v) is 1.88. The molecule has 1 atom stereocenters. The molecule has 2 heteroatoms. The molecular formula is C10H20N2. The molecule has 0 radical (unpaired) electrons. The first-order valence-corrected chi connectivity index (χ1v) is 5.44. The number of rotatable bonds is 2. The normalized spacial score (nSPS) is 32.5. The zero-order valence-electron chi connectivity index (χ0n) is 7.81. The molecule has 2 N–H and O–H groups in total. The predicted molar refractivity (Wildman–Crippen MR) is 51.0 cm³/mol. The molecular weight excluding hydrogens is 148 g/mol. The van der Waals surface area contributed by atoms with Crippen molar-refractivity contribution in [2.75, 3.05) is 6.54 Å². The van der Waals surface area contributed by atoms with E-state index in [-0.39, 0.29) is 0 Å². The Labute approximate surface area is 75.1 Å². The summed E-state index contributed by atoms with van der Waals surface area (Å²) in [5.74, 6) is 0. The van der Waals surface area contributed by atoms with Gasteiger partial charge in [0.15, 0.2) is 0 Å². The van der Waals surface area contributed by atoms with Crippen molar-refractivity contribution in [3.8, 4) is 0 Å². The van der Waals surface area contributed by atoms with Crippen LogP contribution in [0, 0.1) is 0 Å². The van der Waals surface area contributed by atoms with Gasteiger partial charge in [-0.25, -0.2) is 0 Å². The molecule has 70 valence electrons. The fourth-order valence-electron chi connectivity index (χ4n) is 1.88. The first kappa shape index (κ1) is 8.52. The van der Waals surface area contributed by atoms with Crippen molar-refractivity contribution < 1.29 is 0 Å². The second-order valence-electron chi connectivity index (χ2n) is 4.15. The van der Waals surface area contributed by atoms with Gasteiger partial charge in [-0.3, -0.25) is 5.32 Å². The van der Waals surface area contributed by atoms with Crippen molar-refractivity contribution >= 4 is 0 Å². The summed E-state index contributed by atoms with van der Waals surface area (Å²) < 4.78 is 0. The predicted octanol–water partition coefficient (Wildman–Crippen LogP) is 1.62. The summed E-state index contributed by atoms with van der Waals surface area (Å²) in [5.41, 5.74) is 0. The van der Waals surface area contributed by atoms with Gasteiger partial charge in [0.2, 0.25) is 0 Å². The van der Waals surface area contributed by atoms with Crippen LogP contribution >= 0.6 is 0 Å². The van der Waals surface area contributed by atoms with Crippen molar-refractivity contribution in [1.29, 1.82) is 0 Å². The third-order valence-corrected chi connectivity index (χ3v) is 2.82. The molecule has 0 spiro atoms. The van der Waals surface area contributed by atoms with E-state index >= 15 is 0 Å². The van der Waals surface area contributed by atoms with Crippen LogP contribution in [0.1, 0.15) is 44.9 Å². The lowest BCUT2D eigenvalue weighted by Gasteiger charge is -2.22. The summed E-state index contributed by atoms with van der Waals surface area (Å²) in [7, 11) is 0. The summed E-state index contributed by atoms with van der Waals surface area (Å²) in [5, 5.41) is 7.23. The van der Waals surface area contributed by atoms with Crippen LogP contribution in [0.5, 0.6) is 0 Å². The molecule has 1 saturated carbocycles. The zero-order chi connectivity index (χ0) is 8.23. The van der Waals surface area contributed by atoms with Gasteiger partial charge in [-0.1, -0.05) is 19.3 Å². The van der Waals surface area contributed by atoms with Gasteiger partial charge in [-0.15, -0.1) is 0 Å². The Morgan fingerprint density at radius 1 is 0.917 bits per heavy atom. The molecule has 0 bridgehead atoms. The van der Waals surface area contributed by atoms with Gasteiger partial charge in [0.05, 0.1) is 6.17 Å². The van der Waals surface area contributed by atoms with Gasteiger partial charge in [0, 0.05) is 6.04 Å². The topological polar surface area (TPSA) is 24.1 Å². The van der Waals surface area contributed by atoms with Gasteiger partial charge in [0.25, 0.3) is 0 Å². The molecule has 12 heavy (non-hydrogen) atoms. The van der Waals surface area contributed by atoms with Crippen LogP contribution < -0.4 is 10.6 Å². The minimum Gasteiger partial charge on any atom is -0.302 e. The Kier molecular flexibility index (Phi) is 3.01. The summed E-state index contributed by atoms with van der Waals surface area (Å²) >= 11 is 0. The maximum absolute atomic E-state index is 3.65. The minimum atomic E-state index is 0.623. The molecule has 1 saturated heterocycles. The highest BCUT2D eigenvalue weighted by molar-refractivity contribution is 4.84. The second-order valence-corrected chi connectivity index (χ2v) is 4.15. The standard InChI is InChI=1S/C10H20N2/c1-2-4-8-11-10(5-3-1)12-9-6-7-9/h9-12H,1-8H2. The van der Waals surface area contributed by atoms with Gasteiger partial charge < -0.3 is 5.32 Å². The molecule has 0 aromatic carbocycles. The second kappa shape index (κ2) is 4.24. The van der Waals surface area contributed by atoms with E-state index < -0.39 is 0 Å². The highest BCUT2D eigenvalue weighted by Crippen LogP contribution is 2.20. The molecule has 2 nitrogen and oxygen atoms in total. The third kappa shape index (κ3) is 2.76. The SMILES string of the molecule is C1CCCC(NC2CC2)NCC1. The Bertz CT molecular complexity index is 124. The van der Waals surface area contributed by atoms with Crippen LogP contribution in [0.4, 0.5) is 0 Å². The van der Waals surface area contributed by atoms with E-state index in [1.54, 1.807) is 0 Å². The van der Waals surface area contributed by atoms with Crippen LogP contribution in [0.25, 0.3) is 0 Å². The van der Waals surface area contributed by atoms with E-state index in [1.165, 1.54) is 51.5 Å². The Hall–Kier alpha value is -0.0800. The Balaban J connectivity index is 1.69. The highest BCUT2D eigenvalue weighted by Gasteiger charge is 2.24. The molecule has 0 amide bonds. The van der Waals surface area contributed by atoms with Crippen LogP contribution in [-0.4, -0.2) is 18.8 Å². The molecule has 2 fully saturated rings. The largest absolute Gasteiger partial charge is 0.302 e. The summed E-state index contributed by atoms with van der Waals surface area (Å²) in [6, 6.07) is 0.849. The molecule has 1 aliphatic carbocycles. The Morgan fingerprint density at radius 2 is 1.75 bits per heavy atom. The number of nitrogens with one attached hydrogen (secondary N) is 2. The van der Waals surface area contributed by atoms with Crippen molar-refractivity contribution in [2.24, 2.45) is 0 Å². The van der Waals surface area contributed by atoms with Crippen molar-refractivity contribution in [3.63, 3.8) is 0 Å². The van der Waals surface area contributed by atoms with Crippen molar-refractivity contribution in [3.05, 3.63) is 0 Å². The molecule has 1 unspecified atom stereocenters. The van der Waals surface area contributed by atoms with E-state index in [0.29, 0.717) is 6.17 Å². The van der Waals surface area contributed by atoms with E-state index in [4.69, 9.17) is 0 Å². The monoisotopic (exact) mass is 168 g/mol. The van der Waals surface area contributed by atoms with Gasteiger partial charge in [-0.2, -0.15) is 0 Å². The average molecular weight is 168 g/mol. The van der Waals surface area contributed by atoms with Crippen LogP contribution in [0.15, 0.2) is 0 Å². The lowest BCUT2D eigenvalue weighted by Crippen LogP contribution is -2.44. The van der Waals surface area contributed by atoms with E-state index in [0.717, 1.165) is 6.04 Å². The van der Waals surface area contributed by atoms with E-state index in [2.05, 4.69) is 10.6 Å². The van der Waals surface area contributed by atoms with Crippen molar-refractivity contribution in [1.82, 2.24) is 10.6 Å². The van der Waals surface area contributed by atoms with Crippen LogP contribution in [-0.2, 0) is 0 Å². The maximum atomic E-state index is 3.65. The number of hydrogen-bond donors (Lipinski definition) is 2. The zero-order valence-corrected chi connectivity index (χ0v) is 7.81. The molecule has 2 aliphatic rings. The van der Waals surface area contributed by atoms with Crippen LogP contribution in [0.2, 0.25) is 0 Å². The quantitative estimate of drug-likeness (QED) is 0.654. The smallest absolute Gasteiger partial charge is 0.0573 e. The molecule has 2 rings (SSSR count). The molecule has 0 aromatic rings. The molecule has 1 aliphatic heterocycles. The summed E-state index contributed by atoms with van der Waals surface area (Å²) in [6.07, 6.45) is 10.4. The molecule has 0 aromatic heterocycles. The van der Waals surface area contributed by atoms with Crippen LogP contribution in [0.3, 0.4) is 0 Å². The first-order valence-electron chi connectivity index (χ1n) is 5.44. The van der Waals surface area contributed by atoms with E-state index in [9.17, 15) is 0 Å². The lowest BCUT2D eigenvalue weighted by atomic mass is 10.1. The average Bonchev–Trinajstić information content (AvgIpc) is 2.78. The lowest BCUT2D eigenvalue weighted by molar-refractivity contribution is 0.358. The van der Waals surface area contributed by atoms with E-state index in [1.807, 2.05) is 0 Å². The highest BCUT2D eigenvalue weighted by atomic mass is 15.1. The van der Waals surface area contributed by atoms with Gasteiger partial charge in [-0.05, 0) is 32.2 Å². The van der Waals surface area contributed by atoms with Gasteiger partial charge >= 0.3 is 0 Å². The first-order chi connectivity index (χ1) is 5.95. The summed E-state index contributed by atoms with van der Waals surface area (Å²) in [4.78, 5) is 0. The third-order valence-electron chi connectivity index (χ3n) is 2.82.